The number of carbonyl (C=O) groups excluding carboxylic acids is 3. The van der Waals surface area contributed by atoms with E-state index in [0.29, 0.717) is 38.5 Å². The lowest BCUT2D eigenvalue weighted by atomic mass is 9.87. The summed E-state index contributed by atoms with van der Waals surface area (Å²) in [6, 6.07) is 7.86. The van der Waals surface area contributed by atoms with E-state index in [9.17, 15) is 14.4 Å². The minimum Gasteiger partial charge on any atom is -0.300 e. The molecule has 0 saturated heterocycles. The summed E-state index contributed by atoms with van der Waals surface area (Å²) >= 11 is 0. The van der Waals surface area contributed by atoms with Gasteiger partial charge in [-0.05, 0) is 30.9 Å². The molecule has 3 nitrogen and oxygen atoms in total. The molecule has 0 N–H and O–H groups in total. The van der Waals surface area contributed by atoms with E-state index in [0.717, 1.165) is 11.1 Å². The minimum atomic E-state index is -0.315. The third kappa shape index (κ3) is 7.87. The second-order valence-corrected chi connectivity index (χ2v) is 7.26. The Hall–Kier alpha value is -1.77. The van der Waals surface area contributed by atoms with Gasteiger partial charge in [0.2, 0.25) is 0 Å². The number of hydrogen-bond acceptors (Lipinski definition) is 3. The Kier molecular flexibility index (Phi) is 7.34. The lowest BCUT2D eigenvalue weighted by Gasteiger charge is -2.15. The molecule has 0 bridgehead atoms. The van der Waals surface area contributed by atoms with Crippen molar-refractivity contribution in [2.75, 3.05) is 0 Å². The van der Waals surface area contributed by atoms with Gasteiger partial charge in [-0.1, -0.05) is 45.0 Å². The molecule has 0 aliphatic rings. The summed E-state index contributed by atoms with van der Waals surface area (Å²) < 4.78 is 0. The van der Waals surface area contributed by atoms with Gasteiger partial charge in [-0.3, -0.25) is 14.4 Å². The van der Waals surface area contributed by atoms with Crippen LogP contribution in [0.5, 0.6) is 0 Å². The topological polar surface area (TPSA) is 51.2 Å². The maximum Gasteiger partial charge on any atom is 0.138 e. The van der Waals surface area contributed by atoms with Gasteiger partial charge in [0.1, 0.15) is 17.3 Å². The number of ketones is 3. The van der Waals surface area contributed by atoms with Crippen LogP contribution >= 0.6 is 0 Å². The maximum absolute atomic E-state index is 11.9. The van der Waals surface area contributed by atoms with Gasteiger partial charge in [0.15, 0.2) is 0 Å². The predicted octanol–water partition coefficient (Wildman–Crippen LogP) is 4.11. The van der Waals surface area contributed by atoms with Crippen LogP contribution in [0.25, 0.3) is 0 Å². The van der Waals surface area contributed by atoms with Crippen molar-refractivity contribution in [3.63, 3.8) is 0 Å². The highest BCUT2D eigenvalue weighted by atomic mass is 16.1. The Morgan fingerprint density at radius 1 is 0.870 bits per heavy atom. The Morgan fingerprint density at radius 2 is 1.43 bits per heavy atom. The third-order valence-corrected chi connectivity index (χ3v) is 3.86. The zero-order valence-corrected chi connectivity index (χ0v) is 14.8. The highest BCUT2D eigenvalue weighted by Crippen LogP contribution is 2.18. The van der Waals surface area contributed by atoms with E-state index in [1.54, 1.807) is 6.92 Å². The van der Waals surface area contributed by atoms with Crippen LogP contribution in [-0.4, -0.2) is 17.3 Å². The first-order valence-corrected chi connectivity index (χ1v) is 8.31. The normalized spacial score (nSPS) is 11.3. The van der Waals surface area contributed by atoms with Crippen LogP contribution in [0.15, 0.2) is 24.3 Å². The molecule has 0 saturated carbocycles. The molecule has 1 rings (SSSR count). The Bertz CT molecular complexity index is 547. The first-order chi connectivity index (χ1) is 10.7. The molecular weight excluding hydrogens is 288 g/mol. The van der Waals surface area contributed by atoms with Gasteiger partial charge in [-0.25, -0.2) is 0 Å². The van der Waals surface area contributed by atoms with Crippen LogP contribution < -0.4 is 0 Å². The molecular formula is C20H28O3. The van der Waals surface area contributed by atoms with Crippen LogP contribution in [0, 0.1) is 5.41 Å². The molecule has 0 unspecified atom stereocenters. The molecule has 0 radical (unpaired) electrons. The van der Waals surface area contributed by atoms with Crippen LogP contribution in [0.2, 0.25) is 0 Å². The van der Waals surface area contributed by atoms with E-state index < -0.39 is 0 Å². The number of hydrogen-bond donors (Lipinski definition) is 0. The smallest absolute Gasteiger partial charge is 0.138 e. The molecule has 0 heterocycles. The molecule has 126 valence electrons. The largest absolute Gasteiger partial charge is 0.300 e. The summed E-state index contributed by atoms with van der Waals surface area (Å²) in [7, 11) is 0. The summed E-state index contributed by atoms with van der Waals surface area (Å²) in [5.41, 5.74) is 1.80. The van der Waals surface area contributed by atoms with Gasteiger partial charge in [0.25, 0.3) is 0 Å². The number of benzene rings is 1. The van der Waals surface area contributed by atoms with Gasteiger partial charge in [-0.2, -0.15) is 0 Å². The number of rotatable bonds is 9. The first-order valence-electron chi connectivity index (χ1n) is 8.31. The fourth-order valence-corrected chi connectivity index (χ4v) is 2.34. The lowest BCUT2D eigenvalue weighted by Crippen LogP contribution is -2.19. The minimum absolute atomic E-state index is 0.151. The van der Waals surface area contributed by atoms with E-state index in [-0.39, 0.29) is 22.8 Å². The standard InChI is InChI=1S/C20H28O3/c1-15(21)14-17-10-8-16(9-11-17)12-13-18(22)6-5-7-19(23)20(2,3)4/h8-11H,5-7,12-14H2,1-4H3. The van der Waals surface area contributed by atoms with E-state index in [4.69, 9.17) is 0 Å². The van der Waals surface area contributed by atoms with Crippen LogP contribution in [-0.2, 0) is 27.2 Å². The highest BCUT2D eigenvalue weighted by molar-refractivity contribution is 5.84. The predicted molar refractivity (Wildman–Crippen MR) is 92.5 cm³/mol. The van der Waals surface area contributed by atoms with Crippen molar-refractivity contribution in [3.8, 4) is 0 Å². The highest BCUT2D eigenvalue weighted by Gasteiger charge is 2.20. The van der Waals surface area contributed by atoms with E-state index in [1.165, 1.54) is 0 Å². The van der Waals surface area contributed by atoms with Gasteiger partial charge in [0, 0.05) is 31.1 Å². The number of carbonyl (C=O) groups is 3. The van der Waals surface area contributed by atoms with Gasteiger partial charge < -0.3 is 0 Å². The van der Waals surface area contributed by atoms with Crippen molar-refractivity contribution >= 4 is 17.3 Å². The van der Waals surface area contributed by atoms with Gasteiger partial charge in [0.05, 0.1) is 0 Å². The molecule has 0 atom stereocenters. The second kappa shape index (κ2) is 8.76. The van der Waals surface area contributed by atoms with E-state index >= 15 is 0 Å². The van der Waals surface area contributed by atoms with Crippen molar-refractivity contribution in [2.24, 2.45) is 5.41 Å². The molecule has 1 aromatic carbocycles. The molecule has 1 aromatic rings. The summed E-state index contributed by atoms with van der Waals surface area (Å²) in [5.74, 6) is 0.573. The molecule has 23 heavy (non-hydrogen) atoms. The quantitative estimate of drug-likeness (QED) is 0.689. The first kappa shape index (κ1) is 19.3. The fourth-order valence-electron chi connectivity index (χ4n) is 2.34. The van der Waals surface area contributed by atoms with E-state index in [1.807, 2.05) is 45.0 Å². The zero-order chi connectivity index (χ0) is 17.5. The summed E-state index contributed by atoms with van der Waals surface area (Å²) in [6.45, 7) is 7.31. The van der Waals surface area contributed by atoms with Crippen molar-refractivity contribution in [1.82, 2.24) is 0 Å². The number of Topliss-reactive ketones (excluding diaryl/α,β-unsaturated/α-hetero) is 3. The summed E-state index contributed by atoms with van der Waals surface area (Å²) in [6.07, 6.45) is 3.29. The lowest BCUT2D eigenvalue weighted by molar-refractivity contribution is -0.126. The average Bonchev–Trinajstić information content (AvgIpc) is 2.45. The molecule has 0 aliphatic heterocycles. The van der Waals surface area contributed by atoms with Crippen LogP contribution in [0.4, 0.5) is 0 Å². The Morgan fingerprint density at radius 3 is 1.96 bits per heavy atom. The van der Waals surface area contributed by atoms with E-state index in [2.05, 4.69) is 0 Å². The Labute approximate surface area is 139 Å². The summed E-state index contributed by atoms with van der Waals surface area (Å²) in [4.78, 5) is 34.8. The molecule has 0 aromatic heterocycles. The van der Waals surface area contributed by atoms with Gasteiger partial charge in [-0.15, -0.1) is 0 Å². The monoisotopic (exact) mass is 316 g/mol. The second-order valence-electron chi connectivity index (χ2n) is 7.26. The summed E-state index contributed by atoms with van der Waals surface area (Å²) in [5, 5.41) is 0. The third-order valence-electron chi connectivity index (χ3n) is 3.86. The number of aryl methyl sites for hydroxylation is 1. The van der Waals surface area contributed by atoms with Crippen LogP contribution in [0.1, 0.15) is 64.5 Å². The van der Waals surface area contributed by atoms with Crippen molar-refractivity contribution in [2.45, 2.75) is 66.2 Å². The van der Waals surface area contributed by atoms with Gasteiger partial charge >= 0.3 is 0 Å². The maximum atomic E-state index is 11.9. The molecule has 3 heteroatoms. The van der Waals surface area contributed by atoms with Crippen molar-refractivity contribution < 1.29 is 14.4 Å². The molecule has 0 spiro atoms. The van der Waals surface area contributed by atoms with Crippen molar-refractivity contribution in [3.05, 3.63) is 35.4 Å². The van der Waals surface area contributed by atoms with Crippen molar-refractivity contribution in [1.29, 1.82) is 0 Å². The SMILES string of the molecule is CC(=O)Cc1ccc(CCC(=O)CCCC(=O)C(C)(C)C)cc1. The fraction of sp³-hybridized carbons (Fsp3) is 0.550. The average molecular weight is 316 g/mol. The molecule has 0 aliphatic carbocycles. The van der Waals surface area contributed by atoms with Crippen LogP contribution in [0.3, 0.4) is 0 Å². The zero-order valence-electron chi connectivity index (χ0n) is 14.8. The Balaban J connectivity index is 2.30. The molecule has 0 amide bonds. The molecule has 0 fully saturated rings.